The van der Waals surface area contributed by atoms with Crippen molar-refractivity contribution in [2.75, 3.05) is 13.2 Å². The Morgan fingerprint density at radius 2 is 2.36 bits per heavy atom. The smallest absolute Gasteiger partial charge is 0.120 e. The molecule has 0 aliphatic carbocycles. The van der Waals surface area contributed by atoms with Crippen LogP contribution in [0.25, 0.3) is 0 Å². The summed E-state index contributed by atoms with van der Waals surface area (Å²) in [6.07, 6.45) is 5.79. The Morgan fingerprint density at radius 3 is 3.00 bits per heavy atom. The monoisotopic (exact) mass is 195 g/mol. The predicted octanol–water partition coefficient (Wildman–Crippen LogP) is 1.07. The molecule has 1 fully saturated rings. The van der Waals surface area contributed by atoms with E-state index in [1.165, 1.54) is 0 Å². The Bertz CT molecular complexity index is 265. The van der Waals surface area contributed by atoms with Crippen LogP contribution in [0.15, 0.2) is 12.4 Å². The van der Waals surface area contributed by atoms with Crippen molar-refractivity contribution in [3.05, 3.63) is 18.2 Å². The van der Waals surface area contributed by atoms with Gasteiger partial charge in [-0.25, -0.2) is 4.98 Å². The third-order valence-electron chi connectivity index (χ3n) is 2.83. The summed E-state index contributed by atoms with van der Waals surface area (Å²) in [4.78, 5) is 7.27. The first-order valence-corrected chi connectivity index (χ1v) is 5.10. The van der Waals surface area contributed by atoms with E-state index in [1.807, 2.05) is 6.20 Å². The second-order valence-corrected chi connectivity index (χ2v) is 4.06. The minimum Gasteiger partial charge on any atom is -0.381 e. The Morgan fingerprint density at radius 1 is 1.57 bits per heavy atom. The van der Waals surface area contributed by atoms with E-state index in [-0.39, 0.29) is 5.54 Å². The number of nitrogens with zero attached hydrogens (tertiary/aromatic N) is 1. The summed E-state index contributed by atoms with van der Waals surface area (Å²) in [6.45, 7) is 4.78. The molecule has 0 amide bonds. The number of nitrogens with one attached hydrogen (secondary N) is 2. The molecule has 4 heteroatoms. The van der Waals surface area contributed by atoms with Gasteiger partial charge in [-0.1, -0.05) is 0 Å². The molecule has 1 aromatic heterocycles. The molecule has 2 rings (SSSR count). The van der Waals surface area contributed by atoms with E-state index in [1.54, 1.807) is 6.20 Å². The van der Waals surface area contributed by atoms with Gasteiger partial charge in [-0.05, 0) is 19.8 Å². The van der Waals surface area contributed by atoms with Crippen molar-refractivity contribution in [2.45, 2.75) is 31.8 Å². The van der Waals surface area contributed by atoms with E-state index in [0.717, 1.165) is 38.4 Å². The molecular formula is C10H17N3O. The summed E-state index contributed by atoms with van der Waals surface area (Å²) in [7, 11) is 0. The highest BCUT2D eigenvalue weighted by molar-refractivity contribution is 4.91. The van der Waals surface area contributed by atoms with Gasteiger partial charge in [0, 0.05) is 31.1 Å². The van der Waals surface area contributed by atoms with Crippen molar-refractivity contribution in [3.63, 3.8) is 0 Å². The summed E-state index contributed by atoms with van der Waals surface area (Å²) >= 11 is 0. The summed E-state index contributed by atoms with van der Waals surface area (Å²) < 4.78 is 5.34. The number of hydrogen-bond acceptors (Lipinski definition) is 3. The quantitative estimate of drug-likeness (QED) is 0.758. The Hall–Kier alpha value is -0.870. The molecule has 1 saturated heterocycles. The van der Waals surface area contributed by atoms with Crippen molar-refractivity contribution < 1.29 is 4.74 Å². The maximum Gasteiger partial charge on any atom is 0.120 e. The molecule has 2 N–H and O–H groups in total. The number of hydrogen-bond donors (Lipinski definition) is 2. The highest BCUT2D eigenvalue weighted by Gasteiger charge is 2.26. The average Bonchev–Trinajstić information content (AvgIpc) is 2.69. The Labute approximate surface area is 84.1 Å². The molecule has 0 radical (unpaired) electrons. The lowest BCUT2D eigenvalue weighted by Crippen LogP contribution is -2.46. The molecule has 0 bridgehead atoms. The van der Waals surface area contributed by atoms with E-state index >= 15 is 0 Å². The van der Waals surface area contributed by atoms with Gasteiger partial charge in [0.15, 0.2) is 0 Å². The molecule has 1 aliphatic rings. The van der Waals surface area contributed by atoms with Crippen LogP contribution < -0.4 is 5.32 Å². The minimum absolute atomic E-state index is 0.213. The zero-order chi connectivity index (χ0) is 9.86. The van der Waals surface area contributed by atoms with Gasteiger partial charge in [-0.3, -0.25) is 0 Å². The van der Waals surface area contributed by atoms with E-state index in [2.05, 4.69) is 22.2 Å². The van der Waals surface area contributed by atoms with Gasteiger partial charge in [0.2, 0.25) is 0 Å². The lowest BCUT2D eigenvalue weighted by atomic mass is 9.92. The number of H-pyrrole nitrogens is 1. The second-order valence-electron chi connectivity index (χ2n) is 4.06. The zero-order valence-electron chi connectivity index (χ0n) is 8.55. The largest absolute Gasteiger partial charge is 0.381 e. The van der Waals surface area contributed by atoms with E-state index in [4.69, 9.17) is 4.74 Å². The lowest BCUT2D eigenvalue weighted by Gasteiger charge is -2.34. The number of ether oxygens (including phenoxy) is 1. The average molecular weight is 195 g/mol. The predicted molar refractivity (Wildman–Crippen MR) is 53.9 cm³/mol. The minimum atomic E-state index is 0.213. The van der Waals surface area contributed by atoms with Crippen LogP contribution in [-0.2, 0) is 11.3 Å². The molecule has 0 aromatic carbocycles. The molecule has 1 aliphatic heterocycles. The van der Waals surface area contributed by atoms with Crippen LogP contribution in [0.1, 0.15) is 25.6 Å². The standard InChI is InChI=1S/C10H17N3O/c1-10(2-6-14-7-3-10)13-8-9-11-4-5-12-9/h4-5,13H,2-3,6-8H2,1H3,(H,11,12). The summed E-state index contributed by atoms with van der Waals surface area (Å²) in [5.41, 5.74) is 0.213. The second kappa shape index (κ2) is 4.11. The van der Waals surface area contributed by atoms with E-state index in [0.29, 0.717) is 0 Å². The van der Waals surface area contributed by atoms with Gasteiger partial charge >= 0.3 is 0 Å². The van der Waals surface area contributed by atoms with Crippen molar-refractivity contribution in [1.29, 1.82) is 0 Å². The van der Waals surface area contributed by atoms with Gasteiger partial charge < -0.3 is 15.0 Å². The molecule has 0 unspecified atom stereocenters. The SMILES string of the molecule is CC1(NCc2ncc[nH]2)CCOCC1. The van der Waals surface area contributed by atoms with E-state index < -0.39 is 0 Å². The summed E-state index contributed by atoms with van der Waals surface area (Å²) in [6, 6.07) is 0. The van der Waals surface area contributed by atoms with Crippen LogP contribution in [0.4, 0.5) is 0 Å². The maximum absolute atomic E-state index is 5.34. The van der Waals surface area contributed by atoms with Gasteiger partial charge in [0.05, 0.1) is 6.54 Å². The van der Waals surface area contributed by atoms with Crippen LogP contribution >= 0.6 is 0 Å². The summed E-state index contributed by atoms with van der Waals surface area (Å²) in [5, 5.41) is 3.53. The Balaban J connectivity index is 1.84. The van der Waals surface area contributed by atoms with Gasteiger partial charge in [0.1, 0.15) is 5.82 Å². The number of aromatic nitrogens is 2. The molecule has 4 nitrogen and oxygen atoms in total. The third kappa shape index (κ3) is 2.33. The van der Waals surface area contributed by atoms with Crippen LogP contribution in [0.3, 0.4) is 0 Å². The highest BCUT2D eigenvalue weighted by atomic mass is 16.5. The van der Waals surface area contributed by atoms with Gasteiger partial charge in [0.25, 0.3) is 0 Å². The van der Waals surface area contributed by atoms with Gasteiger partial charge in [-0.15, -0.1) is 0 Å². The Kier molecular flexibility index (Phi) is 2.84. The van der Waals surface area contributed by atoms with E-state index in [9.17, 15) is 0 Å². The zero-order valence-corrected chi connectivity index (χ0v) is 8.55. The molecule has 1 aromatic rings. The van der Waals surface area contributed by atoms with Gasteiger partial charge in [-0.2, -0.15) is 0 Å². The molecule has 14 heavy (non-hydrogen) atoms. The van der Waals surface area contributed by atoms with Crippen LogP contribution in [0.5, 0.6) is 0 Å². The normalized spacial score (nSPS) is 20.9. The van der Waals surface area contributed by atoms with Crippen LogP contribution in [-0.4, -0.2) is 28.7 Å². The number of aromatic amines is 1. The fraction of sp³-hybridized carbons (Fsp3) is 0.700. The van der Waals surface area contributed by atoms with Crippen molar-refractivity contribution in [3.8, 4) is 0 Å². The molecule has 2 heterocycles. The summed E-state index contributed by atoms with van der Waals surface area (Å²) in [5.74, 6) is 0.998. The number of imidazole rings is 1. The fourth-order valence-electron chi connectivity index (χ4n) is 1.69. The topological polar surface area (TPSA) is 49.9 Å². The van der Waals surface area contributed by atoms with Crippen LogP contribution in [0.2, 0.25) is 0 Å². The first-order chi connectivity index (χ1) is 6.79. The first-order valence-electron chi connectivity index (χ1n) is 5.10. The number of rotatable bonds is 3. The molecule has 0 atom stereocenters. The maximum atomic E-state index is 5.34. The van der Waals surface area contributed by atoms with Crippen molar-refractivity contribution >= 4 is 0 Å². The van der Waals surface area contributed by atoms with Crippen molar-refractivity contribution in [1.82, 2.24) is 15.3 Å². The molecule has 0 saturated carbocycles. The molecular weight excluding hydrogens is 178 g/mol. The fourth-order valence-corrected chi connectivity index (χ4v) is 1.69. The first kappa shape index (κ1) is 9.68. The lowest BCUT2D eigenvalue weighted by molar-refractivity contribution is 0.0444. The van der Waals surface area contributed by atoms with Crippen LogP contribution in [0, 0.1) is 0 Å². The highest BCUT2D eigenvalue weighted by Crippen LogP contribution is 2.19. The molecule has 0 spiro atoms. The third-order valence-corrected chi connectivity index (χ3v) is 2.83. The molecule has 78 valence electrons. The van der Waals surface area contributed by atoms with Crippen molar-refractivity contribution in [2.24, 2.45) is 0 Å².